The van der Waals surface area contributed by atoms with Crippen LogP contribution in [-0.4, -0.2) is 56.8 Å². The van der Waals surface area contributed by atoms with E-state index in [-0.39, 0.29) is 17.1 Å². The molecule has 0 heterocycles. The van der Waals surface area contributed by atoms with Gasteiger partial charge in [0.2, 0.25) is 10.0 Å². The van der Waals surface area contributed by atoms with Crippen molar-refractivity contribution in [3.8, 4) is 0 Å². The molecule has 21 heavy (non-hydrogen) atoms. The number of benzene rings is 1. The Balaban J connectivity index is 3.07. The summed E-state index contributed by atoms with van der Waals surface area (Å²) in [6.07, 6.45) is 0.624. The first-order valence-electron chi connectivity index (χ1n) is 6.31. The van der Waals surface area contributed by atoms with E-state index < -0.39 is 20.6 Å². The molecule has 0 unspecified atom stereocenters. The second-order valence-electron chi connectivity index (χ2n) is 4.97. The minimum atomic E-state index is -3.94. The highest BCUT2D eigenvalue weighted by molar-refractivity contribution is 7.89. The van der Waals surface area contributed by atoms with E-state index in [0.29, 0.717) is 6.42 Å². The third-order valence-electron chi connectivity index (χ3n) is 2.95. The lowest BCUT2D eigenvalue weighted by Gasteiger charge is -2.18. The largest absolute Gasteiger partial charge is 0.399 e. The normalized spacial score (nSPS) is 12.0. The number of nitrogens with zero attached hydrogens (tertiary/aromatic N) is 3. The molecule has 1 aromatic carbocycles. The zero-order valence-corrected chi connectivity index (χ0v) is 13.1. The molecule has 0 aliphatic carbocycles. The van der Waals surface area contributed by atoms with Gasteiger partial charge < -0.3 is 10.6 Å². The molecule has 1 rings (SSSR count). The van der Waals surface area contributed by atoms with E-state index in [9.17, 15) is 18.5 Å². The van der Waals surface area contributed by atoms with Gasteiger partial charge in [-0.2, -0.15) is 0 Å². The smallest absolute Gasteiger partial charge is 0.289 e. The monoisotopic (exact) mass is 316 g/mol. The van der Waals surface area contributed by atoms with E-state index in [0.717, 1.165) is 23.0 Å². The average Bonchev–Trinajstić information content (AvgIpc) is 2.37. The molecule has 0 aliphatic heterocycles. The van der Waals surface area contributed by atoms with Crippen LogP contribution in [0.5, 0.6) is 0 Å². The zero-order valence-electron chi connectivity index (χ0n) is 12.3. The van der Waals surface area contributed by atoms with Crippen LogP contribution in [0.4, 0.5) is 11.4 Å². The fourth-order valence-electron chi connectivity index (χ4n) is 1.79. The Hall–Kier alpha value is -1.71. The summed E-state index contributed by atoms with van der Waals surface area (Å²) in [4.78, 5) is 11.8. The van der Waals surface area contributed by atoms with Crippen molar-refractivity contribution in [1.82, 2.24) is 9.21 Å². The number of rotatable bonds is 7. The van der Waals surface area contributed by atoms with Gasteiger partial charge in [0.05, 0.1) is 4.92 Å². The Morgan fingerprint density at radius 3 is 2.38 bits per heavy atom. The SMILES string of the molecule is CN(C)CCCN(C)S(=O)(=O)c1cc(N)ccc1[N+](=O)[O-]. The predicted molar refractivity (Wildman–Crippen MR) is 80.5 cm³/mol. The maximum Gasteiger partial charge on any atom is 0.289 e. The van der Waals surface area contributed by atoms with Crippen LogP contribution >= 0.6 is 0 Å². The summed E-state index contributed by atoms with van der Waals surface area (Å²) >= 11 is 0. The van der Waals surface area contributed by atoms with Gasteiger partial charge in [-0.25, -0.2) is 12.7 Å². The molecule has 118 valence electrons. The second kappa shape index (κ2) is 6.83. The first kappa shape index (κ1) is 17.3. The van der Waals surface area contributed by atoms with Gasteiger partial charge in [-0.15, -0.1) is 0 Å². The third-order valence-corrected chi connectivity index (χ3v) is 4.83. The summed E-state index contributed by atoms with van der Waals surface area (Å²) in [5, 5.41) is 11.0. The van der Waals surface area contributed by atoms with E-state index in [1.165, 1.54) is 13.1 Å². The molecule has 0 saturated heterocycles. The molecule has 0 atom stereocenters. The minimum absolute atomic E-state index is 0.167. The molecule has 1 aromatic rings. The standard InChI is InChI=1S/C12H20N4O4S/c1-14(2)7-4-8-15(3)21(19,20)12-9-10(13)5-6-11(12)16(17)18/h5-6,9H,4,7-8,13H2,1-3H3. The van der Waals surface area contributed by atoms with Crippen LogP contribution < -0.4 is 5.73 Å². The van der Waals surface area contributed by atoms with Crippen LogP contribution in [0.2, 0.25) is 0 Å². The van der Waals surface area contributed by atoms with Crippen LogP contribution in [-0.2, 0) is 10.0 Å². The first-order chi connectivity index (χ1) is 9.66. The molecular weight excluding hydrogens is 296 g/mol. The van der Waals surface area contributed by atoms with Gasteiger partial charge in [0.1, 0.15) is 0 Å². The molecule has 0 fully saturated rings. The van der Waals surface area contributed by atoms with Crippen LogP contribution in [0, 0.1) is 10.1 Å². The van der Waals surface area contributed by atoms with E-state index in [1.807, 2.05) is 19.0 Å². The summed E-state index contributed by atoms with van der Waals surface area (Å²) in [5.41, 5.74) is 5.25. The van der Waals surface area contributed by atoms with Gasteiger partial charge in [-0.1, -0.05) is 0 Å². The highest BCUT2D eigenvalue weighted by Crippen LogP contribution is 2.28. The second-order valence-corrected chi connectivity index (χ2v) is 6.98. The summed E-state index contributed by atoms with van der Waals surface area (Å²) in [7, 11) is 1.23. The van der Waals surface area contributed by atoms with Gasteiger partial charge in [-0.3, -0.25) is 10.1 Å². The van der Waals surface area contributed by atoms with Crippen molar-refractivity contribution < 1.29 is 13.3 Å². The van der Waals surface area contributed by atoms with Crippen molar-refractivity contribution in [3.05, 3.63) is 28.3 Å². The van der Waals surface area contributed by atoms with Crippen molar-refractivity contribution in [2.24, 2.45) is 0 Å². The Bertz CT molecular complexity index is 616. The number of sulfonamides is 1. The lowest BCUT2D eigenvalue weighted by Crippen LogP contribution is -2.30. The van der Waals surface area contributed by atoms with Crippen molar-refractivity contribution in [2.75, 3.05) is 40.0 Å². The molecule has 0 bridgehead atoms. The summed E-state index contributed by atoms with van der Waals surface area (Å²) < 4.78 is 26.0. The lowest BCUT2D eigenvalue weighted by atomic mass is 10.3. The highest BCUT2D eigenvalue weighted by atomic mass is 32.2. The van der Waals surface area contributed by atoms with Crippen molar-refractivity contribution in [3.63, 3.8) is 0 Å². The Labute approximate surface area is 124 Å². The van der Waals surface area contributed by atoms with Crippen molar-refractivity contribution >= 4 is 21.4 Å². The number of nitrogens with two attached hydrogens (primary N) is 1. The van der Waals surface area contributed by atoms with Crippen LogP contribution in [0.15, 0.2) is 23.1 Å². The van der Waals surface area contributed by atoms with Crippen LogP contribution in [0.1, 0.15) is 6.42 Å². The molecule has 0 saturated carbocycles. The number of nitro benzene ring substituents is 1. The van der Waals surface area contributed by atoms with Crippen LogP contribution in [0.25, 0.3) is 0 Å². The van der Waals surface area contributed by atoms with Crippen molar-refractivity contribution in [1.29, 1.82) is 0 Å². The molecule has 9 heteroatoms. The molecule has 0 aromatic heterocycles. The number of nitro groups is 1. The Morgan fingerprint density at radius 2 is 1.86 bits per heavy atom. The quantitative estimate of drug-likeness (QED) is 0.451. The molecule has 0 spiro atoms. The molecule has 2 N–H and O–H groups in total. The molecule has 8 nitrogen and oxygen atoms in total. The topological polar surface area (TPSA) is 110 Å². The molecule has 0 amide bonds. The molecular formula is C12H20N4O4S. The Kier molecular flexibility index (Phi) is 5.64. The summed E-state index contributed by atoms with van der Waals surface area (Å²) in [5.74, 6) is 0. The molecule has 0 radical (unpaired) electrons. The zero-order chi connectivity index (χ0) is 16.2. The summed E-state index contributed by atoms with van der Waals surface area (Å²) in [6.45, 7) is 0.991. The van der Waals surface area contributed by atoms with Gasteiger partial charge >= 0.3 is 0 Å². The van der Waals surface area contributed by atoms with E-state index >= 15 is 0 Å². The number of nitrogen functional groups attached to an aromatic ring is 1. The number of hydrogen-bond acceptors (Lipinski definition) is 6. The molecule has 0 aliphatic rings. The fraction of sp³-hybridized carbons (Fsp3) is 0.500. The minimum Gasteiger partial charge on any atom is -0.399 e. The van der Waals surface area contributed by atoms with E-state index in [2.05, 4.69) is 0 Å². The highest BCUT2D eigenvalue weighted by Gasteiger charge is 2.29. The number of hydrogen-bond donors (Lipinski definition) is 1. The average molecular weight is 316 g/mol. The first-order valence-corrected chi connectivity index (χ1v) is 7.75. The Morgan fingerprint density at radius 1 is 1.24 bits per heavy atom. The van der Waals surface area contributed by atoms with E-state index in [4.69, 9.17) is 5.73 Å². The number of anilines is 1. The van der Waals surface area contributed by atoms with Crippen LogP contribution in [0.3, 0.4) is 0 Å². The summed E-state index contributed by atoms with van der Waals surface area (Å²) in [6, 6.07) is 3.54. The maximum atomic E-state index is 12.4. The van der Waals surface area contributed by atoms with Crippen molar-refractivity contribution in [2.45, 2.75) is 11.3 Å². The van der Waals surface area contributed by atoms with Gasteiger partial charge in [-0.05, 0) is 39.2 Å². The van der Waals surface area contributed by atoms with Gasteiger partial charge in [0, 0.05) is 25.3 Å². The lowest BCUT2D eigenvalue weighted by molar-refractivity contribution is -0.387. The van der Waals surface area contributed by atoms with E-state index in [1.54, 1.807) is 0 Å². The third kappa shape index (κ3) is 4.38. The maximum absolute atomic E-state index is 12.4. The van der Waals surface area contributed by atoms with Gasteiger partial charge in [0.15, 0.2) is 4.90 Å². The predicted octanol–water partition coefficient (Wildman–Crippen LogP) is 0.749. The fourth-order valence-corrected chi connectivity index (χ4v) is 3.18. The van der Waals surface area contributed by atoms with Gasteiger partial charge in [0.25, 0.3) is 5.69 Å².